The third kappa shape index (κ3) is 3.08. The van der Waals surface area contributed by atoms with Crippen molar-refractivity contribution in [3.8, 4) is 0 Å². The molecule has 0 heterocycles. The maximum atomic E-state index is 11.9. The monoisotopic (exact) mass is 237 g/mol. The van der Waals surface area contributed by atoms with Crippen LogP contribution < -0.4 is 4.90 Å². The van der Waals surface area contributed by atoms with Gasteiger partial charge >= 0.3 is 0 Å². The second kappa shape index (κ2) is 5.82. The van der Waals surface area contributed by atoms with Crippen LogP contribution >= 0.6 is 0 Å². The second-order valence-corrected chi connectivity index (χ2v) is 3.99. The molecule has 0 saturated heterocycles. The van der Waals surface area contributed by atoms with Gasteiger partial charge < -0.3 is 4.90 Å². The average Bonchev–Trinajstić information content (AvgIpc) is 2.46. The van der Waals surface area contributed by atoms with E-state index >= 15 is 0 Å². The molecule has 0 aliphatic rings. The fraction of sp³-hybridized carbons (Fsp3) is 0.0625. The maximum absolute atomic E-state index is 11.9. The van der Waals surface area contributed by atoms with Gasteiger partial charge in [0.05, 0.1) is 0 Å². The summed E-state index contributed by atoms with van der Waals surface area (Å²) in [7, 11) is 1.92. The van der Waals surface area contributed by atoms with Crippen molar-refractivity contribution in [1.82, 2.24) is 0 Å². The van der Waals surface area contributed by atoms with Gasteiger partial charge in [0.15, 0.2) is 5.78 Å². The summed E-state index contributed by atoms with van der Waals surface area (Å²) in [6.45, 7) is 0. The fourth-order valence-corrected chi connectivity index (χ4v) is 1.63. The molecule has 2 aromatic carbocycles. The molecular formula is C16H15NO. The number of para-hydroxylation sites is 1. The number of allylic oxidation sites excluding steroid dienone is 1. The Hall–Kier alpha value is -2.35. The Balaban J connectivity index is 2.06. The predicted molar refractivity (Wildman–Crippen MR) is 74.8 cm³/mol. The standard InChI is InChI=1S/C16H15NO/c1-17(15-10-6-3-7-11-15)13-12-16(18)14-8-4-2-5-9-14/h2-13H,1H3/b13-12+. The molecule has 0 aromatic heterocycles. The highest BCUT2D eigenvalue weighted by Crippen LogP contribution is 2.11. The van der Waals surface area contributed by atoms with Gasteiger partial charge in [0.1, 0.15) is 0 Å². The van der Waals surface area contributed by atoms with Gasteiger partial charge in [-0.3, -0.25) is 4.79 Å². The lowest BCUT2D eigenvalue weighted by molar-refractivity contribution is 0.104. The molecule has 0 atom stereocenters. The Kier molecular flexibility index (Phi) is 3.92. The van der Waals surface area contributed by atoms with E-state index in [4.69, 9.17) is 0 Å². The summed E-state index contributed by atoms with van der Waals surface area (Å²) in [4.78, 5) is 13.8. The Bertz CT molecular complexity index is 532. The highest BCUT2D eigenvalue weighted by molar-refractivity contribution is 6.04. The SMILES string of the molecule is CN(/C=C/C(=O)c1ccccc1)c1ccccc1. The highest BCUT2D eigenvalue weighted by Gasteiger charge is 2.00. The van der Waals surface area contributed by atoms with Crippen LogP contribution in [-0.4, -0.2) is 12.8 Å². The van der Waals surface area contributed by atoms with Gasteiger partial charge in [-0.15, -0.1) is 0 Å². The Morgan fingerprint density at radius 2 is 1.50 bits per heavy atom. The minimum Gasteiger partial charge on any atom is -0.351 e. The molecule has 0 aliphatic heterocycles. The van der Waals surface area contributed by atoms with Gasteiger partial charge in [-0.25, -0.2) is 0 Å². The molecule has 0 saturated carbocycles. The van der Waals surface area contributed by atoms with E-state index in [9.17, 15) is 4.79 Å². The number of hydrogen-bond acceptors (Lipinski definition) is 2. The lowest BCUT2D eigenvalue weighted by Gasteiger charge is -2.13. The molecule has 0 amide bonds. The lowest BCUT2D eigenvalue weighted by Crippen LogP contribution is -2.08. The zero-order valence-corrected chi connectivity index (χ0v) is 10.3. The third-order valence-corrected chi connectivity index (χ3v) is 2.67. The molecule has 0 radical (unpaired) electrons. The van der Waals surface area contributed by atoms with Crippen molar-refractivity contribution in [3.63, 3.8) is 0 Å². The van der Waals surface area contributed by atoms with Crippen molar-refractivity contribution in [1.29, 1.82) is 0 Å². The molecule has 0 unspecified atom stereocenters. The molecule has 90 valence electrons. The van der Waals surface area contributed by atoms with Crippen molar-refractivity contribution in [2.45, 2.75) is 0 Å². The van der Waals surface area contributed by atoms with Gasteiger partial charge in [0, 0.05) is 30.6 Å². The smallest absolute Gasteiger partial charge is 0.187 e. The van der Waals surface area contributed by atoms with E-state index < -0.39 is 0 Å². The van der Waals surface area contributed by atoms with Crippen LogP contribution in [0.3, 0.4) is 0 Å². The number of benzene rings is 2. The quantitative estimate of drug-likeness (QED) is 0.599. The van der Waals surface area contributed by atoms with Crippen molar-refractivity contribution >= 4 is 11.5 Å². The van der Waals surface area contributed by atoms with Crippen LogP contribution in [-0.2, 0) is 0 Å². The normalized spacial score (nSPS) is 10.5. The van der Waals surface area contributed by atoms with Crippen LogP contribution in [0.5, 0.6) is 0 Å². The summed E-state index contributed by atoms with van der Waals surface area (Å²) in [5.41, 5.74) is 1.75. The molecule has 2 heteroatoms. The zero-order chi connectivity index (χ0) is 12.8. The van der Waals surface area contributed by atoms with E-state index in [1.165, 1.54) is 0 Å². The summed E-state index contributed by atoms with van der Waals surface area (Å²) in [6, 6.07) is 19.2. The zero-order valence-electron chi connectivity index (χ0n) is 10.3. The van der Waals surface area contributed by atoms with Crippen LogP contribution in [0.15, 0.2) is 72.9 Å². The largest absolute Gasteiger partial charge is 0.351 e. The number of nitrogens with zero attached hydrogens (tertiary/aromatic N) is 1. The fourth-order valence-electron chi connectivity index (χ4n) is 1.63. The van der Waals surface area contributed by atoms with Gasteiger partial charge in [-0.2, -0.15) is 0 Å². The Morgan fingerprint density at radius 3 is 2.11 bits per heavy atom. The van der Waals surface area contributed by atoms with Crippen molar-refractivity contribution in [3.05, 3.63) is 78.5 Å². The van der Waals surface area contributed by atoms with E-state index in [1.807, 2.05) is 72.6 Å². The molecule has 0 spiro atoms. The topological polar surface area (TPSA) is 20.3 Å². The van der Waals surface area contributed by atoms with E-state index in [2.05, 4.69) is 0 Å². The van der Waals surface area contributed by atoms with Gasteiger partial charge in [-0.05, 0) is 12.1 Å². The first-order valence-electron chi connectivity index (χ1n) is 5.83. The van der Waals surface area contributed by atoms with Gasteiger partial charge in [-0.1, -0.05) is 48.5 Å². The summed E-state index contributed by atoms with van der Waals surface area (Å²) in [5, 5.41) is 0. The van der Waals surface area contributed by atoms with Crippen LogP contribution in [0.1, 0.15) is 10.4 Å². The molecule has 0 bridgehead atoms. The first kappa shape index (κ1) is 12.1. The second-order valence-electron chi connectivity index (χ2n) is 3.99. The van der Waals surface area contributed by atoms with Gasteiger partial charge in [0.2, 0.25) is 0 Å². The number of rotatable bonds is 4. The number of ketones is 1. The third-order valence-electron chi connectivity index (χ3n) is 2.67. The highest BCUT2D eigenvalue weighted by atomic mass is 16.1. The first-order chi connectivity index (χ1) is 8.77. The number of carbonyl (C=O) groups excluding carboxylic acids is 1. The molecule has 0 aliphatic carbocycles. The van der Waals surface area contributed by atoms with E-state index in [1.54, 1.807) is 12.3 Å². The maximum Gasteiger partial charge on any atom is 0.187 e. The number of carbonyl (C=O) groups is 1. The molecule has 0 fully saturated rings. The molecule has 2 rings (SSSR count). The van der Waals surface area contributed by atoms with Crippen LogP contribution in [0.2, 0.25) is 0 Å². The molecule has 2 nitrogen and oxygen atoms in total. The van der Waals surface area contributed by atoms with Crippen molar-refractivity contribution in [2.24, 2.45) is 0 Å². The van der Waals surface area contributed by atoms with Crippen molar-refractivity contribution < 1.29 is 4.79 Å². The van der Waals surface area contributed by atoms with E-state index in [0.717, 1.165) is 5.69 Å². The van der Waals surface area contributed by atoms with E-state index in [-0.39, 0.29) is 5.78 Å². The average molecular weight is 237 g/mol. The summed E-state index contributed by atoms with van der Waals surface area (Å²) in [5.74, 6) is 0.0124. The van der Waals surface area contributed by atoms with E-state index in [0.29, 0.717) is 5.56 Å². The summed E-state index contributed by atoms with van der Waals surface area (Å²) >= 11 is 0. The lowest BCUT2D eigenvalue weighted by atomic mass is 10.1. The first-order valence-corrected chi connectivity index (χ1v) is 5.83. The molecule has 2 aromatic rings. The summed E-state index contributed by atoms with van der Waals surface area (Å²) < 4.78 is 0. The molecular weight excluding hydrogens is 222 g/mol. The predicted octanol–water partition coefficient (Wildman–Crippen LogP) is 3.52. The van der Waals surface area contributed by atoms with Crippen molar-refractivity contribution in [2.75, 3.05) is 11.9 Å². The minimum atomic E-state index is 0.0124. The Morgan fingerprint density at radius 1 is 0.944 bits per heavy atom. The molecule has 0 N–H and O–H groups in total. The van der Waals surface area contributed by atoms with Crippen LogP contribution in [0.25, 0.3) is 0 Å². The molecule has 18 heavy (non-hydrogen) atoms. The summed E-state index contributed by atoms with van der Waals surface area (Å²) in [6.07, 6.45) is 3.37. The number of hydrogen-bond donors (Lipinski definition) is 0. The Labute approximate surface area is 107 Å². The van der Waals surface area contributed by atoms with Crippen LogP contribution in [0, 0.1) is 0 Å². The minimum absolute atomic E-state index is 0.0124. The van der Waals surface area contributed by atoms with Gasteiger partial charge in [0.25, 0.3) is 0 Å². The van der Waals surface area contributed by atoms with Crippen LogP contribution in [0.4, 0.5) is 5.69 Å². The number of anilines is 1.